The van der Waals surface area contributed by atoms with Gasteiger partial charge in [-0.1, -0.05) is 84.6 Å². The lowest BCUT2D eigenvalue weighted by molar-refractivity contribution is -0.137. The van der Waals surface area contributed by atoms with Crippen molar-refractivity contribution in [2.45, 2.75) is 12.8 Å². The van der Waals surface area contributed by atoms with Crippen molar-refractivity contribution in [3.63, 3.8) is 0 Å². The Labute approximate surface area is 215 Å². The standard InChI is InChI=1S/C28H18F3NO2S2/c29-28(30,31)21-8-4-9-22(16-21)32-26(33)25(36-27(32)35)15-18-11-13-23(14-12-18)34-17-20-7-3-6-19-5-1-2-10-24(19)20/h1-16H,17H2/b25-15+. The van der Waals surface area contributed by atoms with E-state index < -0.39 is 17.6 Å². The number of thioether (sulfide) groups is 1. The number of amides is 1. The van der Waals surface area contributed by atoms with Gasteiger partial charge in [0.2, 0.25) is 0 Å². The van der Waals surface area contributed by atoms with Crippen molar-refractivity contribution in [2.75, 3.05) is 4.90 Å². The lowest BCUT2D eigenvalue weighted by atomic mass is 10.1. The van der Waals surface area contributed by atoms with Crippen LogP contribution >= 0.6 is 24.0 Å². The molecule has 0 aliphatic carbocycles. The molecule has 0 saturated carbocycles. The van der Waals surface area contributed by atoms with E-state index in [9.17, 15) is 18.0 Å². The number of ether oxygens (including phenoxy) is 1. The van der Waals surface area contributed by atoms with E-state index in [1.807, 2.05) is 48.5 Å². The van der Waals surface area contributed by atoms with E-state index in [4.69, 9.17) is 17.0 Å². The number of hydrogen-bond acceptors (Lipinski definition) is 4. The summed E-state index contributed by atoms with van der Waals surface area (Å²) in [7, 11) is 0. The summed E-state index contributed by atoms with van der Waals surface area (Å²) in [4.78, 5) is 14.4. The van der Waals surface area contributed by atoms with Crippen molar-refractivity contribution in [3.05, 3.63) is 113 Å². The molecule has 1 aliphatic heterocycles. The third-order valence-corrected chi connectivity index (χ3v) is 6.98. The summed E-state index contributed by atoms with van der Waals surface area (Å²) in [6, 6.07) is 26.0. The molecule has 0 aromatic heterocycles. The maximum atomic E-state index is 13.1. The van der Waals surface area contributed by atoms with Crippen LogP contribution in [0, 0.1) is 0 Å². The number of benzene rings is 4. The molecule has 1 aliphatic rings. The molecule has 5 rings (SSSR count). The smallest absolute Gasteiger partial charge is 0.416 e. The molecule has 4 aromatic rings. The van der Waals surface area contributed by atoms with E-state index in [0.717, 1.165) is 50.7 Å². The Bertz CT molecular complexity index is 1490. The van der Waals surface area contributed by atoms with Gasteiger partial charge in [0, 0.05) is 0 Å². The molecule has 4 aromatic carbocycles. The largest absolute Gasteiger partial charge is 0.489 e. The second kappa shape index (κ2) is 9.79. The minimum absolute atomic E-state index is 0.0907. The fourth-order valence-corrected chi connectivity index (χ4v) is 5.20. The summed E-state index contributed by atoms with van der Waals surface area (Å²) in [6.45, 7) is 0.413. The van der Waals surface area contributed by atoms with E-state index >= 15 is 0 Å². The molecule has 0 unspecified atom stereocenters. The molecular formula is C28H18F3NO2S2. The summed E-state index contributed by atoms with van der Waals surface area (Å²) in [5, 5.41) is 2.29. The Morgan fingerprint density at radius 1 is 0.917 bits per heavy atom. The van der Waals surface area contributed by atoms with Crippen molar-refractivity contribution in [1.29, 1.82) is 0 Å². The SMILES string of the molecule is O=C1/C(=C\c2ccc(OCc3cccc4ccccc34)cc2)SC(=S)N1c1cccc(C(F)(F)F)c1. The van der Waals surface area contributed by atoms with Gasteiger partial charge in [-0.15, -0.1) is 0 Å². The van der Waals surface area contributed by atoms with Crippen LogP contribution in [0.2, 0.25) is 0 Å². The van der Waals surface area contributed by atoms with E-state index in [-0.39, 0.29) is 10.0 Å². The van der Waals surface area contributed by atoms with Crippen molar-refractivity contribution in [3.8, 4) is 5.75 Å². The van der Waals surface area contributed by atoms with Gasteiger partial charge in [0.15, 0.2) is 4.32 Å². The highest BCUT2D eigenvalue weighted by Crippen LogP contribution is 2.38. The third-order valence-electron chi connectivity index (χ3n) is 5.68. The Kier molecular flexibility index (Phi) is 6.55. The summed E-state index contributed by atoms with van der Waals surface area (Å²) < 4.78 is 45.5. The molecule has 0 bridgehead atoms. The predicted molar refractivity (Wildman–Crippen MR) is 142 cm³/mol. The average Bonchev–Trinajstić information content (AvgIpc) is 3.15. The van der Waals surface area contributed by atoms with Crippen LogP contribution in [0.3, 0.4) is 0 Å². The number of thiocarbonyl (C=S) groups is 1. The third kappa shape index (κ3) is 5.01. The summed E-state index contributed by atoms with van der Waals surface area (Å²) in [5.74, 6) is 0.220. The van der Waals surface area contributed by atoms with Crippen LogP contribution in [-0.2, 0) is 17.6 Å². The van der Waals surface area contributed by atoms with Gasteiger partial charge >= 0.3 is 6.18 Å². The fourth-order valence-electron chi connectivity index (χ4n) is 3.90. The van der Waals surface area contributed by atoms with E-state index in [1.54, 1.807) is 6.08 Å². The maximum absolute atomic E-state index is 13.1. The first-order valence-electron chi connectivity index (χ1n) is 10.9. The van der Waals surface area contributed by atoms with Crippen molar-refractivity contribution >= 4 is 56.7 Å². The minimum Gasteiger partial charge on any atom is -0.489 e. The second-order valence-corrected chi connectivity index (χ2v) is 9.74. The number of fused-ring (bicyclic) bond motifs is 1. The number of carbonyl (C=O) groups is 1. The van der Waals surface area contributed by atoms with E-state index in [1.165, 1.54) is 12.1 Å². The second-order valence-electron chi connectivity index (χ2n) is 8.06. The van der Waals surface area contributed by atoms with Gasteiger partial charge < -0.3 is 4.74 Å². The van der Waals surface area contributed by atoms with Crippen molar-refractivity contribution in [2.24, 2.45) is 0 Å². The highest BCUT2D eigenvalue weighted by atomic mass is 32.2. The summed E-state index contributed by atoms with van der Waals surface area (Å²) >= 11 is 6.34. The molecule has 36 heavy (non-hydrogen) atoms. The first kappa shape index (κ1) is 24.1. The number of anilines is 1. The van der Waals surface area contributed by atoms with E-state index in [0.29, 0.717) is 17.3 Å². The molecule has 1 fully saturated rings. The molecule has 0 atom stereocenters. The first-order valence-corrected chi connectivity index (χ1v) is 12.2. The van der Waals surface area contributed by atoms with Gasteiger partial charge in [0.1, 0.15) is 12.4 Å². The van der Waals surface area contributed by atoms with Crippen LogP contribution in [0.1, 0.15) is 16.7 Å². The van der Waals surface area contributed by atoms with Crippen LogP contribution in [0.15, 0.2) is 95.9 Å². The van der Waals surface area contributed by atoms with Gasteiger partial charge in [-0.2, -0.15) is 13.2 Å². The lowest BCUT2D eigenvalue weighted by Crippen LogP contribution is -2.27. The highest BCUT2D eigenvalue weighted by Gasteiger charge is 2.36. The zero-order chi connectivity index (χ0) is 25.3. The van der Waals surface area contributed by atoms with Gasteiger partial charge in [0.05, 0.1) is 16.2 Å². The van der Waals surface area contributed by atoms with Crippen molar-refractivity contribution < 1.29 is 22.7 Å². The van der Waals surface area contributed by atoms with Gasteiger partial charge in [-0.3, -0.25) is 9.69 Å². The van der Waals surface area contributed by atoms with Crippen LogP contribution in [0.5, 0.6) is 5.75 Å². The zero-order valence-corrected chi connectivity index (χ0v) is 20.3. The summed E-state index contributed by atoms with van der Waals surface area (Å²) in [6.07, 6.45) is -2.84. The molecule has 0 N–H and O–H groups in total. The average molecular weight is 522 g/mol. The molecular weight excluding hydrogens is 503 g/mol. The molecule has 0 radical (unpaired) electrons. The number of rotatable bonds is 5. The topological polar surface area (TPSA) is 29.5 Å². The zero-order valence-electron chi connectivity index (χ0n) is 18.7. The number of hydrogen-bond donors (Lipinski definition) is 0. The Morgan fingerprint density at radius 3 is 2.42 bits per heavy atom. The maximum Gasteiger partial charge on any atom is 0.416 e. The van der Waals surface area contributed by atoms with Crippen LogP contribution < -0.4 is 9.64 Å². The number of alkyl halides is 3. The van der Waals surface area contributed by atoms with Gasteiger partial charge in [-0.25, -0.2) is 0 Å². The number of carbonyl (C=O) groups excluding carboxylic acids is 1. The highest BCUT2D eigenvalue weighted by molar-refractivity contribution is 8.27. The normalized spacial score (nSPS) is 15.2. The minimum atomic E-state index is -4.51. The molecule has 3 nitrogen and oxygen atoms in total. The monoisotopic (exact) mass is 521 g/mol. The molecule has 8 heteroatoms. The number of halogens is 3. The summed E-state index contributed by atoms with van der Waals surface area (Å²) in [5.41, 5.74) is 1.08. The van der Waals surface area contributed by atoms with Gasteiger partial charge in [0.25, 0.3) is 5.91 Å². The molecule has 180 valence electrons. The lowest BCUT2D eigenvalue weighted by Gasteiger charge is -2.16. The van der Waals surface area contributed by atoms with E-state index in [2.05, 4.69) is 18.2 Å². The molecule has 1 amide bonds. The first-order chi connectivity index (χ1) is 17.3. The molecule has 1 heterocycles. The van der Waals surface area contributed by atoms with Crippen LogP contribution in [0.4, 0.5) is 18.9 Å². The van der Waals surface area contributed by atoms with Crippen LogP contribution in [-0.4, -0.2) is 10.2 Å². The molecule has 0 spiro atoms. The Hall–Kier alpha value is -3.62. The Balaban J connectivity index is 1.30. The predicted octanol–water partition coefficient (Wildman–Crippen LogP) is 7.84. The van der Waals surface area contributed by atoms with Crippen molar-refractivity contribution in [1.82, 2.24) is 0 Å². The fraction of sp³-hybridized carbons (Fsp3) is 0.0714. The quantitative estimate of drug-likeness (QED) is 0.198. The Morgan fingerprint density at radius 2 is 1.64 bits per heavy atom. The number of nitrogens with zero attached hydrogens (tertiary/aromatic N) is 1. The van der Waals surface area contributed by atoms with Gasteiger partial charge in [-0.05, 0) is 58.3 Å². The molecule has 1 saturated heterocycles. The van der Waals surface area contributed by atoms with Crippen LogP contribution in [0.25, 0.3) is 16.8 Å².